The summed E-state index contributed by atoms with van der Waals surface area (Å²) < 4.78 is 15.5. The number of amides is 1. The smallest absolute Gasteiger partial charge is 0.410 e. The number of aliphatic hydroxyl groups excluding tert-OH is 2. The molecule has 4 heterocycles. The van der Waals surface area contributed by atoms with Gasteiger partial charge in [0.2, 0.25) is 0 Å². The number of ether oxygens (including phenoxy) is 3. The summed E-state index contributed by atoms with van der Waals surface area (Å²) in [5.41, 5.74) is 0.349. The van der Waals surface area contributed by atoms with Gasteiger partial charge in [-0.3, -0.25) is 9.59 Å². The topological polar surface area (TPSA) is 159 Å². The second-order valence-corrected chi connectivity index (χ2v) is 22.4. The molecule has 7 aliphatic rings. The van der Waals surface area contributed by atoms with Crippen LogP contribution in [0, 0.1) is 34.0 Å². The van der Waals surface area contributed by atoms with E-state index in [9.17, 15) is 24.6 Å². The molecule has 0 aromatic heterocycles. The predicted octanol–water partition coefficient (Wildman–Crippen LogP) is 9.10. The number of esters is 2. The van der Waals surface area contributed by atoms with E-state index in [0.717, 1.165) is 89.3 Å². The second-order valence-electron chi connectivity index (χ2n) is 22.4. The molecule has 5 N–H and O–H groups in total. The van der Waals surface area contributed by atoms with Gasteiger partial charge in [0.05, 0.1) is 25.0 Å². The van der Waals surface area contributed by atoms with Crippen LogP contribution in [-0.4, -0.2) is 119 Å². The fourth-order valence-corrected chi connectivity index (χ4v) is 13.1. The standard InChI is InChI=1S/C17H31NO3.C13H23NO2.C13H17NO2.C12H23NO/c1-16(2,3)21-15(20)18-11-9-17(13-19,10-12-18)14-7-5-4-6-8-14;2*1-16-12(15)13(7-9-14-10-8-13)11-5-3-2-4-6-11;14-10-12(6-8-13-9-7-12)11-4-2-1-3-5-11/h14,19H,4-13H2,1-3H3;11,14H,2-10H2,1H3;2-6,14H,7-10H2,1H3;11,13-14H,1-10H2. The molecule has 1 aromatic rings. The van der Waals surface area contributed by atoms with E-state index in [1.807, 2.05) is 56.0 Å². The second kappa shape index (κ2) is 27.0. The van der Waals surface area contributed by atoms with Gasteiger partial charge in [-0.15, -0.1) is 0 Å². The van der Waals surface area contributed by atoms with E-state index in [4.69, 9.17) is 14.2 Å². The zero-order chi connectivity index (χ0) is 48.2. The number of likely N-dealkylation sites (tertiary alicyclic amines) is 1. The van der Waals surface area contributed by atoms with Crippen LogP contribution in [0.25, 0.3) is 0 Å². The lowest BCUT2D eigenvalue weighted by Gasteiger charge is -2.47. The Balaban J connectivity index is 0.000000169. The van der Waals surface area contributed by atoms with E-state index < -0.39 is 11.0 Å². The molecule has 0 unspecified atom stereocenters. The molecule has 3 saturated carbocycles. The normalized spacial score (nSPS) is 24.4. The van der Waals surface area contributed by atoms with Gasteiger partial charge in [0.1, 0.15) is 5.60 Å². The first kappa shape index (κ1) is 55.2. The largest absolute Gasteiger partial charge is 0.469 e. The van der Waals surface area contributed by atoms with Crippen molar-refractivity contribution in [2.45, 2.75) is 179 Å². The van der Waals surface area contributed by atoms with Crippen molar-refractivity contribution in [3.05, 3.63) is 35.9 Å². The van der Waals surface area contributed by atoms with Crippen molar-refractivity contribution in [1.82, 2.24) is 20.9 Å². The lowest BCUT2D eigenvalue weighted by Crippen LogP contribution is -2.49. The SMILES string of the molecule is CC(C)(C)OC(=O)N1CCC(CO)(C2CCCCC2)CC1.COC(=O)C1(C2CCCCC2)CCNCC1.COC(=O)C1(c2ccccc2)CCNCC1.OCC1(C2CCCCC2)CCNCC1. The van der Waals surface area contributed by atoms with Crippen molar-refractivity contribution in [3.8, 4) is 0 Å². The summed E-state index contributed by atoms with van der Waals surface area (Å²) in [6.07, 6.45) is 27.2. The van der Waals surface area contributed by atoms with Crippen LogP contribution in [0.1, 0.15) is 174 Å². The molecule has 4 aliphatic heterocycles. The summed E-state index contributed by atoms with van der Waals surface area (Å²) in [4.78, 5) is 38.1. The number of methoxy groups -OCH3 is 2. The number of benzene rings is 1. The number of hydrogen-bond acceptors (Lipinski definition) is 11. The first-order chi connectivity index (χ1) is 32.3. The Kier molecular flexibility index (Phi) is 22.2. The Morgan fingerprint density at radius 1 is 0.567 bits per heavy atom. The summed E-state index contributed by atoms with van der Waals surface area (Å²) >= 11 is 0. The zero-order valence-electron chi connectivity index (χ0n) is 42.7. The lowest BCUT2D eigenvalue weighted by molar-refractivity contribution is -0.160. The fraction of sp³-hybridized carbons (Fsp3) is 0.836. The van der Waals surface area contributed by atoms with Crippen LogP contribution in [0.15, 0.2) is 30.3 Å². The predicted molar refractivity (Wildman–Crippen MR) is 267 cm³/mol. The first-order valence-electron chi connectivity index (χ1n) is 26.9. The summed E-state index contributed by atoms with van der Waals surface area (Å²) in [6.45, 7) is 13.7. The summed E-state index contributed by atoms with van der Waals surface area (Å²) in [5.74, 6) is 1.94. The van der Waals surface area contributed by atoms with Crippen LogP contribution in [0.2, 0.25) is 0 Å². The summed E-state index contributed by atoms with van der Waals surface area (Å²) in [6, 6.07) is 9.95. The molecule has 67 heavy (non-hydrogen) atoms. The van der Waals surface area contributed by atoms with Gasteiger partial charge in [-0.25, -0.2) is 4.79 Å². The molecule has 12 heteroatoms. The molecule has 0 spiro atoms. The van der Waals surface area contributed by atoms with Crippen LogP contribution in [0.3, 0.4) is 0 Å². The minimum absolute atomic E-state index is 0.0406. The van der Waals surface area contributed by atoms with Crippen LogP contribution in [0.4, 0.5) is 4.79 Å². The highest BCUT2D eigenvalue weighted by Gasteiger charge is 2.48. The molecule has 1 amide bonds. The highest BCUT2D eigenvalue weighted by atomic mass is 16.6. The number of carbonyl (C=O) groups is 3. The van der Waals surface area contributed by atoms with Gasteiger partial charge in [0.25, 0.3) is 0 Å². The van der Waals surface area contributed by atoms with Gasteiger partial charge in [0.15, 0.2) is 0 Å². The van der Waals surface area contributed by atoms with E-state index in [1.54, 1.807) is 0 Å². The number of piperidine rings is 4. The average Bonchev–Trinajstić information content (AvgIpc) is 3.39. The lowest BCUT2D eigenvalue weighted by atomic mass is 9.64. The van der Waals surface area contributed by atoms with Gasteiger partial charge in [-0.2, -0.15) is 0 Å². The Morgan fingerprint density at radius 2 is 0.970 bits per heavy atom. The highest BCUT2D eigenvalue weighted by Crippen LogP contribution is 2.47. The Hall–Kier alpha value is -2.77. The number of nitrogens with zero attached hydrogens (tertiary/aromatic N) is 1. The fourth-order valence-electron chi connectivity index (χ4n) is 13.1. The third-order valence-corrected chi connectivity index (χ3v) is 17.4. The van der Waals surface area contributed by atoms with Gasteiger partial charge < -0.3 is 45.3 Å². The maximum absolute atomic E-state index is 12.1. The van der Waals surface area contributed by atoms with Crippen LogP contribution in [-0.2, 0) is 29.2 Å². The molecule has 0 bridgehead atoms. The van der Waals surface area contributed by atoms with Crippen molar-refractivity contribution in [2.24, 2.45) is 34.0 Å². The molecule has 0 radical (unpaired) electrons. The van der Waals surface area contributed by atoms with Crippen molar-refractivity contribution in [3.63, 3.8) is 0 Å². The number of carbonyl (C=O) groups excluding carboxylic acids is 3. The molecule has 7 fully saturated rings. The van der Waals surface area contributed by atoms with Crippen LogP contribution < -0.4 is 16.0 Å². The van der Waals surface area contributed by atoms with E-state index in [-0.39, 0.29) is 40.9 Å². The Morgan fingerprint density at radius 3 is 1.39 bits per heavy atom. The molecular weight excluding hydrogens is 845 g/mol. The number of rotatable bonds is 8. The van der Waals surface area contributed by atoms with E-state index in [2.05, 4.69) is 16.0 Å². The van der Waals surface area contributed by atoms with E-state index in [0.29, 0.717) is 31.5 Å². The van der Waals surface area contributed by atoms with Crippen LogP contribution in [0.5, 0.6) is 0 Å². The van der Waals surface area contributed by atoms with E-state index >= 15 is 0 Å². The van der Waals surface area contributed by atoms with Crippen molar-refractivity contribution in [2.75, 3.05) is 79.8 Å². The summed E-state index contributed by atoms with van der Waals surface area (Å²) in [7, 11) is 3.00. The molecule has 1 aromatic carbocycles. The number of nitrogens with one attached hydrogen (secondary N) is 3. The molecular formula is C55H94N4O8. The Labute approximate surface area is 405 Å². The van der Waals surface area contributed by atoms with Crippen LogP contribution >= 0.6 is 0 Å². The van der Waals surface area contributed by atoms with Crippen molar-refractivity contribution < 1.29 is 38.8 Å². The third-order valence-electron chi connectivity index (χ3n) is 17.4. The maximum Gasteiger partial charge on any atom is 0.410 e. The zero-order valence-corrected chi connectivity index (χ0v) is 42.7. The maximum atomic E-state index is 12.1. The van der Waals surface area contributed by atoms with Gasteiger partial charge in [-0.1, -0.05) is 88.1 Å². The monoisotopic (exact) mass is 939 g/mol. The first-order valence-corrected chi connectivity index (χ1v) is 26.9. The summed E-state index contributed by atoms with van der Waals surface area (Å²) in [5, 5.41) is 29.7. The third kappa shape index (κ3) is 14.9. The van der Waals surface area contributed by atoms with Gasteiger partial charge >= 0.3 is 18.0 Å². The quantitative estimate of drug-likeness (QED) is 0.125. The molecule has 0 atom stereocenters. The highest BCUT2D eigenvalue weighted by molar-refractivity contribution is 5.83. The molecule has 382 valence electrons. The van der Waals surface area contributed by atoms with E-state index in [1.165, 1.54) is 123 Å². The Bertz CT molecular complexity index is 1570. The van der Waals surface area contributed by atoms with Crippen molar-refractivity contribution in [1.29, 1.82) is 0 Å². The molecule has 12 nitrogen and oxygen atoms in total. The minimum Gasteiger partial charge on any atom is -0.469 e. The van der Waals surface area contributed by atoms with Gasteiger partial charge in [0, 0.05) is 26.3 Å². The minimum atomic E-state index is -0.443. The molecule has 4 saturated heterocycles. The number of hydrogen-bond donors (Lipinski definition) is 5. The number of aliphatic hydroxyl groups is 2. The molecule has 3 aliphatic carbocycles. The van der Waals surface area contributed by atoms with Gasteiger partial charge in [-0.05, 0) is 184 Å². The average molecular weight is 939 g/mol. The van der Waals surface area contributed by atoms with Crippen molar-refractivity contribution >= 4 is 18.0 Å². The molecule has 8 rings (SSSR count).